The first-order valence-electron chi connectivity index (χ1n) is 8.05. The molecule has 0 N–H and O–H groups in total. The second-order valence-electron chi connectivity index (χ2n) is 6.95. The summed E-state index contributed by atoms with van der Waals surface area (Å²) in [5.41, 5.74) is 1.10. The molecule has 0 fully saturated rings. The molecular weight excluding hydrogens is 312 g/mol. The van der Waals surface area contributed by atoms with E-state index in [2.05, 4.69) is 10.2 Å². The van der Waals surface area contributed by atoms with Crippen molar-refractivity contribution >= 4 is 17.3 Å². The number of thiophene rings is 1. The quantitative estimate of drug-likeness (QED) is 0.626. The Bertz CT molecular complexity index is 674. The van der Waals surface area contributed by atoms with E-state index in [-0.39, 0.29) is 18.0 Å². The second-order valence-corrected chi connectivity index (χ2v) is 8.08. The zero-order valence-corrected chi connectivity index (χ0v) is 14.7. The van der Waals surface area contributed by atoms with E-state index in [1.807, 2.05) is 26.8 Å². The van der Waals surface area contributed by atoms with Crippen molar-refractivity contribution in [3.05, 3.63) is 33.2 Å². The predicted octanol–water partition coefficient (Wildman–Crippen LogP) is 4.05. The van der Waals surface area contributed by atoms with Gasteiger partial charge < -0.3 is 9.15 Å². The molecule has 0 aliphatic heterocycles. The monoisotopic (exact) mass is 334 g/mol. The Morgan fingerprint density at radius 2 is 2.04 bits per heavy atom. The minimum absolute atomic E-state index is 0.0183. The number of aromatic nitrogens is 2. The number of fused-ring (bicyclic) bond motifs is 1. The summed E-state index contributed by atoms with van der Waals surface area (Å²) in [6, 6.07) is 1.99. The van der Waals surface area contributed by atoms with Crippen LogP contribution in [0, 0.1) is 0 Å². The van der Waals surface area contributed by atoms with Gasteiger partial charge >= 0.3 is 5.97 Å². The average molecular weight is 334 g/mol. The van der Waals surface area contributed by atoms with Crippen LogP contribution in [0.25, 0.3) is 0 Å². The van der Waals surface area contributed by atoms with Crippen molar-refractivity contribution in [2.75, 3.05) is 0 Å². The van der Waals surface area contributed by atoms with Crippen molar-refractivity contribution in [1.29, 1.82) is 0 Å². The number of aryl methyl sites for hydroxylation is 2. The highest BCUT2D eigenvalue weighted by Crippen LogP contribution is 2.29. The van der Waals surface area contributed by atoms with Crippen molar-refractivity contribution in [1.82, 2.24) is 10.2 Å². The first kappa shape index (κ1) is 16.2. The first-order valence-corrected chi connectivity index (χ1v) is 8.87. The van der Waals surface area contributed by atoms with Crippen LogP contribution in [0.4, 0.5) is 0 Å². The average Bonchev–Trinajstić information content (AvgIpc) is 3.07. The fraction of sp³-hybridized carbons (Fsp3) is 0.588. The number of ether oxygens (including phenoxy) is 1. The zero-order valence-electron chi connectivity index (χ0n) is 13.8. The van der Waals surface area contributed by atoms with E-state index in [0.717, 1.165) is 12.8 Å². The normalized spacial score (nSPS) is 15.1. The Hall–Kier alpha value is -1.69. The van der Waals surface area contributed by atoms with Crippen LogP contribution in [-0.2, 0) is 29.6 Å². The molecule has 0 saturated carbocycles. The fourth-order valence-corrected chi connectivity index (χ4v) is 3.73. The molecule has 23 heavy (non-hydrogen) atoms. The van der Waals surface area contributed by atoms with Crippen molar-refractivity contribution in [3.8, 4) is 0 Å². The summed E-state index contributed by atoms with van der Waals surface area (Å²) < 4.78 is 10.9. The van der Waals surface area contributed by atoms with E-state index in [0.29, 0.717) is 16.7 Å². The van der Waals surface area contributed by atoms with Gasteiger partial charge in [0.25, 0.3) is 5.89 Å². The maximum Gasteiger partial charge on any atom is 0.348 e. The van der Waals surface area contributed by atoms with E-state index >= 15 is 0 Å². The Labute approximate surface area is 140 Å². The van der Waals surface area contributed by atoms with E-state index in [9.17, 15) is 4.79 Å². The molecule has 6 heteroatoms. The molecule has 2 aromatic heterocycles. The molecule has 1 aliphatic carbocycles. The zero-order chi connectivity index (χ0) is 16.4. The molecule has 0 atom stereocenters. The molecule has 0 unspecified atom stereocenters. The van der Waals surface area contributed by atoms with Gasteiger partial charge in [-0.1, -0.05) is 27.2 Å². The summed E-state index contributed by atoms with van der Waals surface area (Å²) >= 11 is 1.56. The van der Waals surface area contributed by atoms with Gasteiger partial charge in [0.2, 0.25) is 5.89 Å². The fourth-order valence-electron chi connectivity index (χ4n) is 2.58. The maximum atomic E-state index is 12.2. The van der Waals surface area contributed by atoms with Crippen LogP contribution in [0.5, 0.6) is 0 Å². The van der Waals surface area contributed by atoms with E-state index < -0.39 is 0 Å². The topological polar surface area (TPSA) is 65.2 Å². The third-order valence-electron chi connectivity index (χ3n) is 3.88. The molecule has 2 aromatic rings. The van der Waals surface area contributed by atoms with Gasteiger partial charge in [0.1, 0.15) is 4.88 Å². The SMILES string of the molecule is CC(C)(C)c1nnc(COC(=O)c2cc3c(s2)CCCCC3)o1. The van der Waals surface area contributed by atoms with Crippen LogP contribution < -0.4 is 0 Å². The molecule has 124 valence electrons. The van der Waals surface area contributed by atoms with Crippen LogP contribution in [-0.4, -0.2) is 16.2 Å². The van der Waals surface area contributed by atoms with E-state index in [4.69, 9.17) is 9.15 Å². The summed E-state index contributed by atoms with van der Waals surface area (Å²) in [6.07, 6.45) is 5.83. The Kier molecular flexibility index (Phi) is 4.53. The lowest BCUT2D eigenvalue weighted by atomic mass is 9.97. The van der Waals surface area contributed by atoms with Gasteiger partial charge in [-0.2, -0.15) is 0 Å². The maximum absolute atomic E-state index is 12.2. The Morgan fingerprint density at radius 3 is 2.78 bits per heavy atom. The standard InChI is InChI=1S/C17H22N2O3S/c1-17(2,3)16-19-18-14(22-16)10-21-15(20)13-9-11-7-5-4-6-8-12(11)23-13/h9H,4-8,10H2,1-3H3. The lowest BCUT2D eigenvalue weighted by Gasteiger charge is -2.10. The Balaban J connectivity index is 1.62. The molecule has 3 rings (SSSR count). The Morgan fingerprint density at radius 1 is 1.26 bits per heavy atom. The first-order chi connectivity index (χ1) is 10.9. The molecule has 0 spiro atoms. The van der Waals surface area contributed by atoms with Crippen molar-refractivity contribution in [2.24, 2.45) is 0 Å². The number of hydrogen-bond acceptors (Lipinski definition) is 6. The largest absolute Gasteiger partial charge is 0.451 e. The molecule has 0 bridgehead atoms. The highest BCUT2D eigenvalue weighted by molar-refractivity contribution is 7.14. The van der Waals surface area contributed by atoms with Crippen molar-refractivity contribution in [2.45, 2.75) is 64.9 Å². The van der Waals surface area contributed by atoms with Gasteiger partial charge in [-0.15, -0.1) is 21.5 Å². The summed E-state index contributed by atoms with van der Waals surface area (Å²) in [6.45, 7) is 6.00. The smallest absolute Gasteiger partial charge is 0.348 e. The lowest BCUT2D eigenvalue weighted by Crippen LogP contribution is -2.11. The number of carbonyl (C=O) groups excluding carboxylic acids is 1. The van der Waals surface area contributed by atoms with Gasteiger partial charge in [-0.25, -0.2) is 4.79 Å². The molecule has 0 saturated heterocycles. The van der Waals surface area contributed by atoms with Crippen molar-refractivity contribution in [3.63, 3.8) is 0 Å². The van der Waals surface area contributed by atoms with Crippen molar-refractivity contribution < 1.29 is 13.9 Å². The van der Waals surface area contributed by atoms with Crippen LogP contribution >= 0.6 is 11.3 Å². The molecular formula is C17H22N2O3S. The minimum Gasteiger partial charge on any atom is -0.451 e. The van der Waals surface area contributed by atoms with Gasteiger partial charge in [0.15, 0.2) is 6.61 Å². The molecule has 0 aromatic carbocycles. The highest BCUT2D eigenvalue weighted by Gasteiger charge is 2.22. The third-order valence-corrected chi connectivity index (χ3v) is 5.10. The molecule has 0 radical (unpaired) electrons. The van der Waals surface area contributed by atoms with E-state index in [1.54, 1.807) is 11.3 Å². The van der Waals surface area contributed by atoms with Gasteiger partial charge in [0.05, 0.1) is 0 Å². The summed E-state index contributed by atoms with van der Waals surface area (Å²) in [5, 5.41) is 7.93. The second kappa shape index (κ2) is 6.43. The molecule has 5 nitrogen and oxygen atoms in total. The van der Waals surface area contributed by atoms with Crippen LogP contribution in [0.1, 0.15) is 71.9 Å². The number of carbonyl (C=O) groups is 1. The number of nitrogens with zero attached hydrogens (tertiary/aromatic N) is 2. The van der Waals surface area contributed by atoms with Gasteiger partial charge in [-0.3, -0.25) is 0 Å². The lowest BCUT2D eigenvalue weighted by molar-refractivity contribution is 0.0441. The van der Waals surface area contributed by atoms with Gasteiger partial charge in [-0.05, 0) is 37.3 Å². The minimum atomic E-state index is -0.307. The summed E-state index contributed by atoms with van der Waals surface area (Å²) in [4.78, 5) is 14.2. The van der Waals surface area contributed by atoms with Gasteiger partial charge in [0, 0.05) is 10.3 Å². The number of esters is 1. The third kappa shape index (κ3) is 3.80. The molecule has 1 aliphatic rings. The highest BCUT2D eigenvalue weighted by atomic mass is 32.1. The van der Waals surface area contributed by atoms with Crippen LogP contribution in [0.2, 0.25) is 0 Å². The number of rotatable bonds is 3. The molecule has 2 heterocycles. The summed E-state index contributed by atoms with van der Waals surface area (Å²) in [5.74, 6) is 0.575. The molecule has 0 amide bonds. The van der Waals surface area contributed by atoms with Crippen LogP contribution in [0.15, 0.2) is 10.5 Å². The summed E-state index contributed by atoms with van der Waals surface area (Å²) in [7, 11) is 0. The van der Waals surface area contributed by atoms with E-state index in [1.165, 1.54) is 29.7 Å². The number of hydrogen-bond donors (Lipinski definition) is 0. The predicted molar refractivity (Wildman–Crippen MR) is 87.7 cm³/mol. The van der Waals surface area contributed by atoms with Crippen LogP contribution in [0.3, 0.4) is 0 Å².